The van der Waals surface area contributed by atoms with E-state index in [4.69, 9.17) is 23.2 Å². The molecule has 0 heterocycles. The SMILES string of the molecule is CCC1CC(CNC2CC2)(c2c(Cl)cccc2Cl)C1. The number of benzene rings is 1. The minimum Gasteiger partial charge on any atom is -0.313 e. The fourth-order valence-electron chi connectivity index (χ4n) is 3.40. The average molecular weight is 298 g/mol. The van der Waals surface area contributed by atoms with Crippen LogP contribution in [0.15, 0.2) is 18.2 Å². The second-order valence-corrected chi connectivity index (χ2v) is 7.03. The fraction of sp³-hybridized carbons (Fsp3) is 0.625. The lowest BCUT2D eigenvalue weighted by Gasteiger charge is -2.49. The maximum absolute atomic E-state index is 6.44. The van der Waals surface area contributed by atoms with Crippen LogP contribution in [0.4, 0.5) is 0 Å². The van der Waals surface area contributed by atoms with Gasteiger partial charge in [0.15, 0.2) is 0 Å². The maximum Gasteiger partial charge on any atom is 0.0459 e. The lowest BCUT2D eigenvalue weighted by molar-refractivity contribution is 0.133. The van der Waals surface area contributed by atoms with E-state index in [2.05, 4.69) is 12.2 Å². The van der Waals surface area contributed by atoms with E-state index < -0.39 is 0 Å². The van der Waals surface area contributed by atoms with Gasteiger partial charge in [-0.2, -0.15) is 0 Å². The first kappa shape index (κ1) is 13.7. The Morgan fingerprint density at radius 2 is 1.84 bits per heavy atom. The van der Waals surface area contributed by atoms with Crippen molar-refractivity contribution in [1.82, 2.24) is 5.32 Å². The van der Waals surface area contributed by atoms with Gasteiger partial charge < -0.3 is 5.32 Å². The van der Waals surface area contributed by atoms with Crippen molar-refractivity contribution in [2.24, 2.45) is 5.92 Å². The molecule has 0 atom stereocenters. The van der Waals surface area contributed by atoms with Gasteiger partial charge in [-0.3, -0.25) is 0 Å². The first-order valence-electron chi connectivity index (χ1n) is 7.32. The molecule has 104 valence electrons. The van der Waals surface area contributed by atoms with Crippen LogP contribution in [0.3, 0.4) is 0 Å². The van der Waals surface area contributed by atoms with Gasteiger partial charge in [-0.15, -0.1) is 0 Å². The lowest BCUT2D eigenvalue weighted by atomic mass is 9.57. The minimum atomic E-state index is 0.165. The summed E-state index contributed by atoms with van der Waals surface area (Å²) in [5, 5.41) is 5.35. The molecule has 2 aliphatic carbocycles. The Balaban J connectivity index is 1.85. The zero-order valence-corrected chi connectivity index (χ0v) is 12.9. The van der Waals surface area contributed by atoms with Crippen molar-refractivity contribution < 1.29 is 0 Å². The molecule has 2 aliphatic rings. The smallest absolute Gasteiger partial charge is 0.0459 e. The molecule has 0 saturated heterocycles. The Morgan fingerprint density at radius 3 is 2.37 bits per heavy atom. The molecule has 0 amide bonds. The highest BCUT2D eigenvalue weighted by Gasteiger charge is 2.47. The molecule has 0 radical (unpaired) electrons. The van der Waals surface area contributed by atoms with Crippen LogP contribution in [0, 0.1) is 5.92 Å². The standard InChI is InChI=1S/C16H21Cl2N/c1-2-11-8-16(9-11,10-19-12-6-7-12)15-13(17)4-3-5-14(15)18/h3-5,11-12,19H,2,6-10H2,1H3. The number of hydrogen-bond donors (Lipinski definition) is 1. The number of hydrogen-bond acceptors (Lipinski definition) is 1. The number of halogens is 2. The molecule has 1 aromatic rings. The molecular weight excluding hydrogens is 277 g/mol. The van der Waals surface area contributed by atoms with Crippen LogP contribution >= 0.6 is 23.2 Å². The normalized spacial score (nSPS) is 30.2. The Bertz CT molecular complexity index is 442. The minimum absolute atomic E-state index is 0.165. The van der Waals surface area contributed by atoms with Gasteiger partial charge in [-0.05, 0) is 49.3 Å². The van der Waals surface area contributed by atoms with E-state index in [0.29, 0.717) is 0 Å². The highest BCUT2D eigenvalue weighted by Crippen LogP contribution is 2.52. The Kier molecular flexibility index (Phi) is 3.81. The van der Waals surface area contributed by atoms with E-state index in [1.165, 1.54) is 37.7 Å². The van der Waals surface area contributed by atoms with Crippen molar-refractivity contribution in [1.29, 1.82) is 0 Å². The van der Waals surface area contributed by atoms with Crippen LogP contribution in [0.5, 0.6) is 0 Å². The fourth-order valence-corrected chi connectivity index (χ4v) is 4.20. The molecular formula is C16H21Cl2N. The van der Waals surface area contributed by atoms with Crippen molar-refractivity contribution in [3.63, 3.8) is 0 Å². The molecule has 0 aromatic heterocycles. The molecule has 1 nitrogen and oxygen atoms in total. The van der Waals surface area contributed by atoms with E-state index in [1.54, 1.807) is 0 Å². The summed E-state index contributed by atoms with van der Waals surface area (Å²) in [6.07, 6.45) is 6.33. The second-order valence-electron chi connectivity index (χ2n) is 6.21. The van der Waals surface area contributed by atoms with Gasteiger partial charge in [-0.25, -0.2) is 0 Å². The van der Waals surface area contributed by atoms with E-state index in [1.807, 2.05) is 18.2 Å². The molecule has 19 heavy (non-hydrogen) atoms. The van der Waals surface area contributed by atoms with E-state index in [0.717, 1.165) is 28.5 Å². The van der Waals surface area contributed by atoms with Crippen LogP contribution in [-0.2, 0) is 5.41 Å². The topological polar surface area (TPSA) is 12.0 Å². The highest BCUT2D eigenvalue weighted by molar-refractivity contribution is 6.36. The summed E-state index contributed by atoms with van der Waals surface area (Å²) in [4.78, 5) is 0. The summed E-state index contributed by atoms with van der Waals surface area (Å²) >= 11 is 12.9. The Labute approximate surface area is 125 Å². The summed E-state index contributed by atoms with van der Waals surface area (Å²) in [5.74, 6) is 0.827. The van der Waals surface area contributed by atoms with Crippen molar-refractivity contribution >= 4 is 23.2 Å². The van der Waals surface area contributed by atoms with Gasteiger partial charge in [0, 0.05) is 28.0 Å². The van der Waals surface area contributed by atoms with Gasteiger partial charge in [0.2, 0.25) is 0 Å². The van der Waals surface area contributed by atoms with Crippen LogP contribution in [0.25, 0.3) is 0 Å². The Morgan fingerprint density at radius 1 is 1.21 bits per heavy atom. The average Bonchev–Trinajstić information content (AvgIpc) is 3.14. The predicted octanol–water partition coefficient (Wildman–Crippen LogP) is 4.80. The molecule has 0 unspecified atom stereocenters. The van der Waals surface area contributed by atoms with Crippen LogP contribution in [0.1, 0.15) is 44.6 Å². The Hall–Kier alpha value is -0.240. The number of rotatable bonds is 5. The predicted molar refractivity (Wildman–Crippen MR) is 82.2 cm³/mol. The molecule has 1 N–H and O–H groups in total. The van der Waals surface area contributed by atoms with E-state index in [9.17, 15) is 0 Å². The molecule has 2 fully saturated rings. The van der Waals surface area contributed by atoms with Gasteiger partial charge in [-0.1, -0.05) is 42.6 Å². The van der Waals surface area contributed by atoms with Gasteiger partial charge in [0.05, 0.1) is 0 Å². The van der Waals surface area contributed by atoms with Crippen molar-refractivity contribution in [2.45, 2.75) is 50.5 Å². The van der Waals surface area contributed by atoms with Crippen LogP contribution < -0.4 is 5.32 Å². The summed E-state index contributed by atoms with van der Waals surface area (Å²) in [7, 11) is 0. The number of nitrogens with one attached hydrogen (secondary N) is 1. The molecule has 0 spiro atoms. The van der Waals surface area contributed by atoms with Crippen LogP contribution in [0.2, 0.25) is 10.0 Å². The van der Waals surface area contributed by atoms with Crippen LogP contribution in [-0.4, -0.2) is 12.6 Å². The monoisotopic (exact) mass is 297 g/mol. The van der Waals surface area contributed by atoms with Gasteiger partial charge in [0.1, 0.15) is 0 Å². The molecule has 2 saturated carbocycles. The van der Waals surface area contributed by atoms with Gasteiger partial charge >= 0.3 is 0 Å². The summed E-state index contributed by atoms with van der Waals surface area (Å²) in [6, 6.07) is 6.62. The first-order valence-corrected chi connectivity index (χ1v) is 8.08. The summed E-state index contributed by atoms with van der Waals surface area (Å²) in [6.45, 7) is 3.30. The van der Waals surface area contributed by atoms with Crippen molar-refractivity contribution in [3.05, 3.63) is 33.8 Å². The highest BCUT2D eigenvalue weighted by atomic mass is 35.5. The maximum atomic E-state index is 6.44. The summed E-state index contributed by atoms with van der Waals surface area (Å²) in [5.41, 5.74) is 1.34. The largest absolute Gasteiger partial charge is 0.313 e. The summed E-state index contributed by atoms with van der Waals surface area (Å²) < 4.78 is 0. The van der Waals surface area contributed by atoms with E-state index in [-0.39, 0.29) is 5.41 Å². The first-order chi connectivity index (χ1) is 9.14. The lowest BCUT2D eigenvalue weighted by Crippen LogP contribution is -2.49. The van der Waals surface area contributed by atoms with Crippen molar-refractivity contribution in [2.75, 3.05) is 6.54 Å². The quantitative estimate of drug-likeness (QED) is 0.823. The molecule has 1 aromatic carbocycles. The third-order valence-corrected chi connectivity index (χ3v) is 5.37. The zero-order chi connectivity index (χ0) is 13.5. The molecule has 0 bridgehead atoms. The third kappa shape index (κ3) is 2.66. The molecule has 0 aliphatic heterocycles. The second kappa shape index (κ2) is 5.27. The molecule has 3 rings (SSSR count). The zero-order valence-electron chi connectivity index (χ0n) is 11.4. The van der Waals surface area contributed by atoms with Gasteiger partial charge in [0.25, 0.3) is 0 Å². The van der Waals surface area contributed by atoms with Crippen molar-refractivity contribution in [3.8, 4) is 0 Å². The van der Waals surface area contributed by atoms with E-state index >= 15 is 0 Å². The third-order valence-electron chi connectivity index (χ3n) is 4.74. The molecule has 3 heteroatoms.